The highest BCUT2D eigenvalue weighted by atomic mass is 35.5. The molecular weight excluding hydrogens is 325 g/mol. The first-order valence-corrected chi connectivity index (χ1v) is 6.53. The fourth-order valence-electron chi connectivity index (χ4n) is 1.40. The molecule has 0 spiro atoms. The second kappa shape index (κ2) is 6.26. The maximum Gasteiger partial charge on any atom is 0.239 e. The van der Waals surface area contributed by atoms with Crippen LogP contribution >= 0.6 is 34.8 Å². The van der Waals surface area contributed by atoms with Gasteiger partial charge >= 0.3 is 0 Å². The topological polar surface area (TPSA) is 64.1 Å². The summed E-state index contributed by atoms with van der Waals surface area (Å²) in [7, 11) is 0. The Morgan fingerprint density at radius 1 is 1.15 bits per heavy atom. The van der Waals surface area contributed by atoms with Crippen LogP contribution in [0.4, 0.5) is 5.69 Å². The van der Waals surface area contributed by atoms with Crippen molar-refractivity contribution in [3.8, 4) is 11.6 Å². The first-order valence-electron chi connectivity index (χ1n) is 5.39. The molecule has 1 amide bonds. The van der Waals surface area contributed by atoms with Gasteiger partial charge in [0.25, 0.3) is 0 Å². The molecule has 0 saturated carbocycles. The van der Waals surface area contributed by atoms with Crippen LogP contribution in [0.2, 0.25) is 15.2 Å². The number of carbonyl (C=O) groups is 1. The summed E-state index contributed by atoms with van der Waals surface area (Å²) in [5, 5.41) is 10.7. The smallest absolute Gasteiger partial charge is 0.239 e. The Hall–Kier alpha value is -1.56. The molecule has 1 aromatic heterocycles. The number of benzene rings is 1. The molecule has 0 saturated heterocycles. The number of ether oxygens (including phenoxy) is 1. The third-order valence-electron chi connectivity index (χ3n) is 2.13. The van der Waals surface area contributed by atoms with Gasteiger partial charge in [-0.2, -0.15) is 0 Å². The summed E-state index contributed by atoms with van der Waals surface area (Å²) in [5.74, 6) is 0.193. The number of carbonyl (C=O) groups excluding carboxylic acids is 1. The lowest BCUT2D eigenvalue weighted by Crippen LogP contribution is -2.05. The Morgan fingerprint density at radius 3 is 2.30 bits per heavy atom. The number of hydrogen-bond acceptors (Lipinski definition) is 4. The van der Waals surface area contributed by atoms with Crippen molar-refractivity contribution >= 4 is 46.4 Å². The van der Waals surface area contributed by atoms with Gasteiger partial charge in [0.05, 0.1) is 10.0 Å². The van der Waals surface area contributed by atoms with Crippen LogP contribution in [0.15, 0.2) is 24.3 Å². The molecule has 0 bridgehead atoms. The second-order valence-electron chi connectivity index (χ2n) is 3.75. The maximum absolute atomic E-state index is 11.0. The lowest BCUT2D eigenvalue weighted by molar-refractivity contribution is -0.114. The molecule has 0 unspecified atom stereocenters. The van der Waals surface area contributed by atoms with Gasteiger partial charge in [-0.05, 0) is 18.2 Å². The van der Waals surface area contributed by atoms with Crippen LogP contribution in [0.1, 0.15) is 6.92 Å². The van der Waals surface area contributed by atoms with E-state index < -0.39 is 0 Å². The molecule has 0 radical (unpaired) electrons. The molecule has 0 fully saturated rings. The molecule has 2 rings (SSSR count). The van der Waals surface area contributed by atoms with Gasteiger partial charge < -0.3 is 10.1 Å². The fourth-order valence-corrected chi connectivity index (χ4v) is 2.06. The first-order chi connectivity index (χ1) is 9.45. The molecule has 0 aliphatic rings. The number of anilines is 1. The monoisotopic (exact) mass is 331 g/mol. The fraction of sp³-hybridized carbons (Fsp3) is 0.0833. The van der Waals surface area contributed by atoms with Crippen LogP contribution < -0.4 is 10.1 Å². The molecule has 1 aromatic carbocycles. The Balaban J connectivity index is 2.28. The molecule has 1 N–H and O–H groups in total. The molecule has 5 nitrogen and oxygen atoms in total. The van der Waals surface area contributed by atoms with Crippen molar-refractivity contribution in [2.24, 2.45) is 0 Å². The highest BCUT2D eigenvalue weighted by Crippen LogP contribution is 2.38. The van der Waals surface area contributed by atoms with E-state index in [0.717, 1.165) is 0 Å². The normalized spacial score (nSPS) is 10.2. The second-order valence-corrected chi connectivity index (χ2v) is 4.95. The van der Waals surface area contributed by atoms with E-state index in [4.69, 9.17) is 39.5 Å². The SMILES string of the molecule is CC(=O)Nc1cc(Cl)c(Oc2ccc(Cl)nn2)c(Cl)c1. The zero-order chi connectivity index (χ0) is 14.7. The van der Waals surface area contributed by atoms with Gasteiger partial charge in [-0.15, -0.1) is 10.2 Å². The van der Waals surface area contributed by atoms with E-state index in [9.17, 15) is 4.79 Å². The summed E-state index contributed by atoms with van der Waals surface area (Å²) in [4.78, 5) is 11.0. The Labute approximate surface area is 129 Å². The summed E-state index contributed by atoms with van der Waals surface area (Å²) in [6.45, 7) is 1.38. The van der Waals surface area contributed by atoms with Crippen LogP contribution in [-0.2, 0) is 4.79 Å². The Bertz CT molecular complexity index is 624. The van der Waals surface area contributed by atoms with Gasteiger partial charge in [-0.25, -0.2) is 0 Å². The number of amides is 1. The lowest BCUT2D eigenvalue weighted by atomic mass is 10.3. The third kappa shape index (κ3) is 3.72. The molecule has 1 heterocycles. The summed E-state index contributed by atoms with van der Waals surface area (Å²) >= 11 is 17.8. The van der Waals surface area contributed by atoms with Crippen molar-refractivity contribution in [1.29, 1.82) is 0 Å². The number of rotatable bonds is 3. The Morgan fingerprint density at radius 2 is 1.80 bits per heavy atom. The molecule has 0 aliphatic heterocycles. The van der Waals surface area contributed by atoms with Crippen molar-refractivity contribution in [3.05, 3.63) is 39.5 Å². The number of nitrogens with zero attached hydrogens (tertiary/aromatic N) is 2. The van der Waals surface area contributed by atoms with Gasteiger partial charge in [0.1, 0.15) is 0 Å². The van der Waals surface area contributed by atoms with Crippen LogP contribution in [0.3, 0.4) is 0 Å². The minimum absolute atomic E-state index is 0.200. The molecule has 2 aromatic rings. The highest BCUT2D eigenvalue weighted by Gasteiger charge is 2.12. The summed E-state index contributed by atoms with van der Waals surface area (Å²) in [5.41, 5.74) is 0.474. The van der Waals surface area contributed by atoms with Crippen molar-refractivity contribution in [2.75, 3.05) is 5.32 Å². The summed E-state index contributed by atoms with van der Waals surface area (Å²) in [6, 6.07) is 6.10. The molecule has 20 heavy (non-hydrogen) atoms. The van der Waals surface area contributed by atoms with E-state index in [0.29, 0.717) is 5.69 Å². The number of hydrogen-bond donors (Lipinski definition) is 1. The van der Waals surface area contributed by atoms with E-state index in [1.165, 1.54) is 31.2 Å². The molecule has 0 atom stereocenters. The number of aromatic nitrogens is 2. The van der Waals surface area contributed by atoms with Crippen LogP contribution in [0.25, 0.3) is 0 Å². The van der Waals surface area contributed by atoms with Gasteiger partial charge in [-0.1, -0.05) is 34.8 Å². The number of halogens is 3. The van der Waals surface area contributed by atoms with E-state index in [1.807, 2.05) is 0 Å². The van der Waals surface area contributed by atoms with E-state index in [1.54, 1.807) is 0 Å². The van der Waals surface area contributed by atoms with Crippen molar-refractivity contribution in [3.63, 3.8) is 0 Å². The predicted molar refractivity (Wildman–Crippen MR) is 77.9 cm³/mol. The molecular formula is C12H8Cl3N3O2. The lowest BCUT2D eigenvalue weighted by Gasteiger charge is -2.10. The first kappa shape index (κ1) is 14.8. The average Bonchev–Trinajstić information content (AvgIpc) is 2.35. The molecule has 8 heteroatoms. The minimum atomic E-state index is -0.227. The van der Waals surface area contributed by atoms with Gasteiger partial charge in [0, 0.05) is 18.7 Å². The standard InChI is InChI=1S/C12H8Cl3N3O2/c1-6(19)16-7-4-8(13)12(9(14)5-7)20-11-3-2-10(15)17-18-11/h2-5H,1H3,(H,16,19). The summed E-state index contributed by atoms with van der Waals surface area (Å²) in [6.07, 6.45) is 0. The van der Waals surface area contributed by atoms with E-state index >= 15 is 0 Å². The maximum atomic E-state index is 11.0. The van der Waals surface area contributed by atoms with E-state index in [2.05, 4.69) is 15.5 Å². The molecule has 0 aliphatic carbocycles. The minimum Gasteiger partial charge on any atom is -0.434 e. The Kier molecular flexibility index (Phi) is 4.65. The summed E-state index contributed by atoms with van der Waals surface area (Å²) < 4.78 is 5.45. The van der Waals surface area contributed by atoms with Crippen LogP contribution in [0.5, 0.6) is 11.6 Å². The van der Waals surface area contributed by atoms with E-state index in [-0.39, 0.29) is 32.7 Å². The zero-order valence-electron chi connectivity index (χ0n) is 10.2. The van der Waals surface area contributed by atoms with Crippen molar-refractivity contribution in [1.82, 2.24) is 10.2 Å². The largest absolute Gasteiger partial charge is 0.434 e. The number of nitrogens with one attached hydrogen (secondary N) is 1. The van der Waals surface area contributed by atoms with Gasteiger partial charge in [0.2, 0.25) is 11.8 Å². The van der Waals surface area contributed by atoms with Gasteiger partial charge in [-0.3, -0.25) is 4.79 Å². The van der Waals surface area contributed by atoms with Gasteiger partial charge in [0.15, 0.2) is 10.9 Å². The highest BCUT2D eigenvalue weighted by molar-refractivity contribution is 6.37. The zero-order valence-corrected chi connectivity index (χ0v) is 12.4. The van der Waals surface area contributed by atoms with Crippen LogP contribution in [0, 0.1) is 0 Å². The third-order valence-corrected chi connectivity index (χ3v) is 2.90. The predicted octanol–water partition coefficient (Wildman–Crippen LogP) is 4.19. The molecule has 104 valence electrons. The average molecular weight is 333 g/mol. The van der Waals surface area contributed by atoms with Crippen LogP contribution in [-0.4, -0.2) is 16.1 Å². The quantitative estimate of drug-likeness (QED) is 0.915. The van der Waals surface area contributed by atoms with Crippen molar-refractivity contribution in [2.45, 2.75) is 6.92 Å². The van der Waals surface area contributed by atoms with Crippen molar-refractivity contribution < 1.29 is 9.53 Å².